The van der Waals surface area contributed by atoms with Crippen molar-refractivity contribution in [2.75, 3.05) is 13.3 Å². The Morgan fingerprint density at radius 1 is 1.26 bits per heavy atom. The molecule has 6 nitrogen and oxygen atoms in total. The Kier molecular flexibility index (Phi) is 6.21. The van der Waals surface area contributed by atoms with Gasteiger partial charge in [0.05, 0.1) is 6.42 Å². The molecule has 0 aliphatic carbocycles. The van der Waals surface area contributed by atoms with Gasteiger partial charge in [-0.05, 0) is 18.1 Å². The summed E-state index contributed by atoms with van der Waals surface area (Å²) in [6.07, 6.45) is 0.744. The Labute approximate surface area is 111 Å². The molecule has 0 atom stereocenters. The fourth-order valence-electron chi connectivity index (χ4n) is 1.46. The van der Waals surface area contributed by atoms with E-state index in [2.05, 4.69) is 10.6 Å². The first-order valence-corrected chi connectivity index (χ1v) is 6.07. The number of hydrogen-bond donors (Lipinski definition) is 3. The minimum absolute atomic E-state index is 0.0376. The number of aryl methyl sites for hydroxylation is 1. The third-order valence-electron chi connectivity index (χ3n) is 2.44. The van der Waals surface area contributed by atoms with Crippen molar-refractivity contribution < 1.29 is 19.4 Å². The number of ether oxygens (including phenoxy) is 1. The summed E-state index contributed by atoms with van der Waals surface area (Å²) < 4.78 is 5.44. The van der Waals surface area contributed by atoms with Crippen molar-refractivity contribution >= 4 is 12.0 Å². The number of carbonyl (C=O) groups is 2. The number of carbonyl (C=O) groups excluding carboxylic acids is 1. The van der Waals surface area contributed by atoms with E-state index in [-0.39, 0.29) is 19.7 Å². The van der Waals surface area contributed by atoms with Gasteiger partial charge in [-0.2, -0.15) is 0 Å². The second kappa shape index (κ2) is 7.97. The maximum Gasteiger partial charge on any atom is 0.317 e. The van der Waals surface area contributed by atoms with Crippen LogP contribution < -0.4 is 15.4 Å². The van der Waals surface area contributed by atoms with Gasteiger partial charge < -0.3 is 20.5 Å². The number of carboxylic acid groups (broad SMARTS) is 1. The molecular weight excluding hydrogens is 248 g/mol. The molecule has 19 heavy (non-hydrogen) atoms. The Balaban J connectivity index is 2.26. The number of amides is 2. The predicted octanol–water partition coefficient (Wildman–Crippen LogP) is 1.36. The lowest BCUT2D eigenvalue weighted by molar-refractivity contribution is -0.136. The van der Waals surface area contributed by atoms with Crippen molar-refractivity contribution in [1.82, 2.24) is 10.6 Å². The molecule has 1 aromatic rings. The van der Waals surface area contributed by atoms with Crippen molar-refractivity contribution in [3.63, 3.8) is 0 Å². The zero-order chi connectivity index (χ0) is 14.1. The molecule has 0 bridgehead atoms. The second-order valence-electron chi connectivity index (χ2n) is 3.83. The molecule has 0 heterocycles. The molecule has 0 radical (unpaired) electrons. The fraction of sp³-hybridized carbons (Fsp3) is 0.385. The lowest BCUT2D eigenvalue weighted by Gasteiger charge is -2.11. The highest BCUT2D eigenvalue weighted by atomic mass is 16.5. The summed E-state index contributed by atoms with van der Waals surface area (Å²) >= 11 is 0. The van der Waals surface area contributed by atoms with Gasteiger partial charge in [0.1, 0.15) is 5.75 Å². The van der Waals surface area contributed by atoms with E-state index in [4.69, 9.17) is 9.84 Å². The van der Waals surface area contributed by atoms with Crippen LogP contribution in [0, 0.1) is 0 Å². The molecule has 6 heteroatoms. The number of urea groups is 1. The summed E-state index contributed by atoms with van der Waals surface area (Å²) in [7, 11) is 0. The van der Waals surface area contributed by atoms with Gasteiger partial charge in [-0.15, -0.1) is 0 Å². The summed E-state index contributed by atoms with van der Waals surface area (Å²) in [6.45, 7) is 2.15. The van der Waals surface area contributed by atoms with Gasteiger partial charge >= 0.3 is 12.0 Å². The summed E-state index contributed by atoms with van der Waals surface area (Å²) in [5, 5.41) is 13.3. The van der Waals surface area contributed by atoms with E-state index < -0.39 is 12.0 Å². The first-order valence-electron chi connectivity index (χ1n) is 6.07. The Morgan fingerprint density at radius 2 is 2.00 bits per heavy atom. The third-order valence-corrected chi connectivity index (χ3v) is 2.44. The van der Waals surface area contributed by atoms with Gasteiger partial charge in [-0.3, -0.25) is 4.79 Å². The Hall–Kier alpha value is -2.24. The summed E-state index contributed by atoms with van der Waals surface area (Å²) in [6, 6.07) is 7.14. The van der Waals surface area contributed by atoms with E-state index in [1.807, 2.05) is 31.2 Å². The average molecular weight is 266 g/mol. The average Bonchev–Trinajstić information content (AvgIpc) is 2.39. The van der Waals surface area contributed by atoms with Crippen LogP contribution in [0.5, 0.6) is 5.75 Å². The van der Waals surface area contributed by atoms with E-state index in [0.29, 0.717) is 0 Å². The zero-order valence-electron chi connectivity index (χ0n) is 10.8. The molecular formula is C13H18N2O4. The van der Waals surface area contributed by atoms with Crippen LogP contribution in [0.4, 0.5) is 4.79 Å². The van der Waals surface area contributed by atoms with E-state index in [0.717, 1.165) is 17.7 Å². The first-order chi connectivity index (χ1) is 9.13. The normalized spacial score (nSPS) is 9.74. The summed E-state index contributed by atoms with van der Waals surface area (Å²) in [5.74, 6) is -0.218. The molecule has 2 amide bonds. The van der Waals surface area contributed by atoms with Crippen LogP contribution in [-0.2, 0) is 11.2 Å². The van der Waals surface area contributed by atoms with E-state index >= 15 is 0 Å². The SMILES string of the molecule is CCc1ccccc1OCNC(=O)NCCC(=O)O. The van der Waals surface area contributed by atoms with Gasteiger partial charge in [-0.1, -0.05) is 25.1 Å². The number of benzene rings is 1. The minimum atomic E-state index is -0.951. The van der Waals surface area contributed by atoms with Gasteiger partial charge in [0, 0.05) is 6.54 Å². The van der Waals surface area contributed by atoms with Crippen LogP contribution in [0.25, 0.3) is 0 Å². The van der Waals surface area contributed by atoms with Gasteiger partial charge in [0.25, 0.3) is 0 Å². The van der Waals surface area contributed by atoms with Crippen molar-refractivity contribution in [3.8, 4) is 5.75 Å². The molecule has 3 N–H and O–H groups in total. The smallest absolute Gasteiger partial charge is 0.317 e. The monoisotopic (exact) mass is 266 g/mol. The maximum absolute atomic E-state index is 11.3. The van der Waals surface area contributed by atoms with E-state index in [1.54, 1.807) is 0 Å². The minimum Gasteiger partial charge on any atom is -0.481 e. The highest BCUT2D eigenvalue weighted by Crippen LogP contribution is 2.17. The topological polar surface area (TPSA) is 87.7 Å². The third kappa shape index (κ3) is 5.76. The lowest BCUT2D eigenvalue weighted by atomic mass is 10.1. The van der Waals surface area contributed by atoms with Crippen LogP contribution in [0.1, 0.15) is 18.9 Å². The summed E-state index contributed by atoms with van der Waals surface area (Å²) in [5.41, 5.74) is 1.07. The number of para-hydroxylation sites is 1. The molecule has 0 aliphatic heterocycles. The number of rotatable bonds is 7. The molecule has 0 saturated heterocycles. The van der Waals surface area contributed by atoms with Crippen molar-refractivity contribution in [2.24, 2.45) is 0 Å². The lowest BCUT2D eigenvalue weighted by Crippen LogP contribution is -2.38. The number of nitrogens with one attached hydrogen (secondary N) is 2. The quantitative estimate of drug-likeness (QED) is 0.650. The van der Waals surface area contributed by atoms with Crippen molar-refractivity contribution in [3.05, 3.63) is 29.8 Å². The van der Waals surface area contributed by atoms with Crippen LogP contribution >= 0.6 is 0 Å². The predicted molar refractivity (Wildman–Crippen MR) is 70.1 cm³/mol. The number of aliphatic carboxylic acids is 1. The van der Waals surface area contributed by atoms with Crippen LogP contribution in [0.2, 0.25) is 0 Å². The maximum atomic E-state index is 11.3. The molecule has 0 fully saturated rings. The van der Waals surface area contributed by atoms with Crippen molar-refractivity contribution in [2.45, 2.75) is 19.8 Å². The van der Waals surface area contributed by atoms with Gasteiger partial charge in [0.2, 0.25) is 0 Å². The van der Waals surface area contributed by atoms with Crippen LogP contribution in [0.15, 0.2) is 24.3 Å². The number of hydrogen-bond acceptors (Lipinski definition) is 3. The second-order valence-corrected chi connectivity index (χ2v) is 3.83. The molecule has 1 aromatic carbocycles. The number of carboxylic acids is 1. The Bertz CT molecular complexity index is 434. The zero-order valence-corrected chi connectivity index (χ0v) is 10.8. The van der Waals surface area contributed by atoms with Crippen molar-refractivity contribution in [1.29, 1.82) is 0 Å². The van der Waals surface area contributed by atoms with Gasteiger partial charge in [0.15, 0.2) is 6.73 Å². The van der Waals surface area contributed by atoms with Gasteiger partial charge in [-0.25, -0.2) is 4.79 Å². The Morgan fingerprint density at radius 3 is 2.68 bits per heavy atom. The molecule has 0 unspecified atom stereocenters. The standard InChI is InChI=1S/C13H18N2O4/c1-2-10-5-3-4-6-11(10)19-9-15-13(18)14-8-7-12(16)17/h3-6H,2,7-9H2,1H3,(H,16,17)(H2,14,15,18). The first kappa shape index (κ1) is 14.8. The van der Waals surface area contributed by atoms with E-state index in [1.165, 1.54) is 0 Å². The highest BCUT2D eigenvalue weighted by molar-refractivity contribution is 5.74. The molecule has 0 aliphatic rings. The van der Waals surface area contributed by atoms with Crippen LogP contribution in [-0.4, -0.2) is 30.4 Å². The molecule has 0 aromatic heterocycles. The molecule has 0 spiro atoms. The summed E-state index contributed by atoms with van der Waals surface area (Å²) in [4.78, 5) is 21.5. The fourth-order valence-corrected chi connectivity index (χ4v) is 1.46. The van der Waals surface area contributed by atoms with Crippen LogP contribution in [0.3, 0.4) is 0 Å². The molecule has 1 rings (SSSR count). The molecule has 104 valence electrons. The van der Waals surface area contributed by atoms with E-state index in [9.17, 15) is 9.59 Å². The largest absolute Gasteiger partial charge is 0.481 e. The highest BCUT2D eigenvalue weighted by Gasteiger charge is 2.03. The molecule has 0 saturated carbocycles.